The Morgan fingerprint density at radius 1 is 1.46 bits per heavy atom. The van der Waals surface area contributed by atoms with Crippen LogP contribution in [0.15, 0.2) is 21.9 Å². The zero-order valence-corrected chi connectivity index (χ0v) is 18.4. The molecule has 1 aliphatic carbocycles. The molecule has 0 spiro atoms. The van der Waals surface area contributed by atoms with Crippen molar-refractivity contribution in [1.29, 1.82) is 0 Å². The summed E-state index contributed by atoms with van der Waals surface area (Å²) in [5.74, 6) is 0.320. The summed E-state index contributed by atoms with van der Waals surface area (Å²) >= 11 is 2.85. The summed E-state index contributed by atoms with van der Waals surface area (Å²) in [6.45, 7) is 4.05. The zero-order chi connectivity index (χ0) is 20.6. The predicted molar refractivity (Wildman–Crippen MR) is 114 cm³/mol. The van der Waals surface area contributed by atoms with Gasteiger partial charge in [-0.1, -0.05) is 50.1 Å². The van der Waals surface area contributed by atoms with Crippen LogP contribution in [0.5, 0.6) is 0 Å². The first-order valence-corrected chi connectivity index (χ1v) is 11.9. The Morgan fingerprint density at radius 2 is 2.25 bits per heavy atom. The molecule has 2 N–H and O–H groups in total. The molecule has 0 bridgehead atoms. The van der Waals surface area contributed by atoms with Crippen molar-refractivity contribution in [3.05, 3.63) is 23.2 Å². The number of hydrogen-bond acceptors (Lipinski definition) is 6. The number of nitrogens with zero attached hydrogens (tertiary/aromatic N) is 1. The van der Waals surface area contributed by atoms with Crippen molar-refractivity contribution in [1.82, 2.24) is 4.98 Å². The molecule has 2 unspecified atom stereocenters. The molecule has 1 aromatic rings. The average Bonchev–Trinajstić information content (AvgIpc) is 3.23. The second-order valence-electron chi connectivity index (χ2n) is 7.80. The van der Waals surface area contributed by atoms with Crippen molar-refractivity contribution in [2.24, 2.45) is 11.8 Å². The number of thioether (sulfide) groups is 1. The van der Waals surface area contributed by atoms with Crippen molar-refractivity contribution in [3.63, 3.8) is 0 Å². The lowest BCUT2D eigenvalue weighted by Crippen LogP contribution is -2.23. The summed E-state index contributed by atoms with van der Waals surface area (Å²) in [5.41, 5.74) is -0.594. The molecule has 0 aliphatic heterocycles. The van der Waals surface area contributed by atoms with Crippen LogP contribution in [-0.4, -0.2) is 38.3 Å². The molecule has 1 aromatic heterocycles. The summed E-state index contributed by atoms with van der Waals surface area (Å²) in [7, 11) is 0. The Bertz CT molecular complexity index is 684. The minimum absolute atomic E-state index is 0.0210. The number of hydrogen-bond donors (Lipinski definition) is 2. The number of carbonyl (C=O) groups excluding carboxylic acids is 1. The number of carboxylic acids is 1. The number of thiazole rings is 1. The van der Waals surface area contributed by atoms with Crippen LogP contribution < -0.4 is 0 Å². The first-order chi connectivity index (χ1) is 13.3. The first kappa shape index (κ1) is 23.1. The normalized spacial score (nSPS) is 22.0. The van der Waals surface area contributed by atoms with Gasteiger partial charge in [-0.2, -0.15) is 0 Å². The van der Waals surface area contributed by atoms with Gasteiger partial charge >= 0.3 is 5.97 Å². The van der Waals surface area contributed by atoms with Crippen molar-refractivity contribution < 1.29 is 19.8 Å². The third-order valence-corrected chi connectivity index (χ3v) is 7.33. The fourth-order valence-corrected chi connectivity index (χ4v) is 5.48. The van der Waals surface area contributed by atoms with Crippen molar-refractivity contribution in [2.75, 3.05) is 5.75 Å². The van der Waals surface area contributed by atoms with Gasteiger partial charge in [0.15, 0.2) is 10.0 Å². The lowest BCUT2D eigenvalue weighted by molar-refractivity contribution is -0.121. The van der Waals surface area contributed by atoms with Crippen molar-refractivity contribution >= 4 is 34.9 Å². The van der Waals surface area contributed by atoms with Crippen molar-refractivity contribution in [3.8, 4) is 0 Å². The SMILES string of the molecule is CCCCCC(C)(O)C/C=C/C1CCC(=O)[C@@H]1CCSc1nc(C(=O)O)cs1. The van der Waals surface area contributed by atoms with Gasteiger partial charge in [0, 0.05) is 23.5 Å². The van der Waals surface area contributed by atoms with E-state index in [1.165, 1.54) is 23.1 Å². The maximum atomic E-state index is 12.3. The Morgan fingerprint density at radius 3 is 2.93 bits per heavy atom. The molecule has 3 atom stereocenters. The highest BCUT2D eigenvalue weighted by atomic mass is 32.2. The highest BCUT2D eigenvalue weighted by Crippen LogP contribution is 2.35. The number of unbranched alkanes of at least 4 members (excludes halogenated alkanes) is 2. The van der Waals surface area contributed by atoms with E-state index in [1.54, 1.807) is 5.38 Å². The summed E-state index contributed by atoms with van der Waals surface area (Å²) in [5, 5.41) is 20.9. The maximum absolute atomic E-state index is 12.3. The molecule has 1 fully saturated rings. The summed E-state index contributed by atoms with van der Waals surface area (Å²) in [4.78, 5) is 27.2. The third kappa shape index (κ3) is 7.33. The van der Waals surface area contributed by atoms with E-state index in [2.05, 4.69) is 24.1 Å². The van der Waals surface area contributed by atoms with Crippen LogP contribution in [0.4, 0.5) is 0 Å². The Kier molecular flexibility index (Phi) is 9.18. The number of aliphatic hydroxyl groups is 1. The molecule has 28 heavy (non-hydrogen) atoms. The van der Waals surface area contributed by atoms with E-state index in [1.807, 2.05) is 6.92 Å². The van der Waals surface area contributed by atoms with E-state index in [0.29, 0.717) is 18.6 Å². The second kappa shape index (κ2) is 11.1. The van der Waals surface area contributed by atoms with Gasteiger partial charge in [0.25, 0.3) is 0 Å². The number of ketones is 1. The quantitative estimate of drug-likeness (QED) is 0.272. The lowest BCUT2D eigenvalue weighted by Gasteiger charge is -2.22. The Labute approximate surface area is 175 Å². The minimum Gasteiger partial charge on any atom is -0.476 e. The van der Waals surface area contributed by atoms with E-state index in [0.717, 1.165) is 48.6 Å². The van der Waals surface area contributed by atoms with Crippen LogP contribution >= 0.6 is 23.1 Å². The second-order valence-corrected chi connectivity index (χ2v) is 10.0. The number of allylic oxidation sites excluding steroid dienone is 1. The first-order valence-electron chi connectivity index (χ1n) is 10.1. The van der Waals surface area contributed by atoms with Crippen LogP contribution in [0, 0.1) is 11.8 Å². The number of carbonyl (C=O) groups is 2. The molecule has 0 radical (unpaired) electrons. The van der Waals surface area contributed by atoms with Gasteiger partial charge in [-0.3, -0.25) is 4.79 Å². The Hall–Kier alpha value is -1.18. The molecule has 0 aromatic carbocycles. The molecule has 0 saturated heterocycles. The van der Waals surface area contributed by atoms with Crippen LogP contribution in [-0.2, 0) is 4.79 Å². The number of carboxylic acid groups (broad SMARTS) is 1. The van der Waals surface area contributed by atoms with Crippen molar-refractivity contribution in [2.45, 2.75) is 75.2 Å². The van der Waals surface area contributed by atoms with Crippen LogP contribution in [0.3, 0.4) is 0 Å². The molecule has 5 nitrogen and oxygen atoms in total. The standard InChI is InChI=1S/C21H31NO4S2/c1-3-4-5-11-21(2,26)12-6-7-15-8-9-18(23)16(15)10-13-27-20-22-17(14-28-20)19(24)25/h6-7,14-16,26H,3-5,8-13H2,1-2H3,(H,24,25)/b7-6+/t15?,16-,21?/m1/s1. The van der Waals surface area contributed by atoms with E-state index < -0.39 is 11.6 Å². The minimum atomic E-state index is -1.01. The molecule has 1 heterocycles. The number of aromatic nitrogens is 1. The smallest absolute Gasteiger partial charge is 0.355 e. The molecule has 2 rings (SSSR count). The van der Waals surface area contributed by atoms with Crippen LogP contribution in [0.25, 0.3) is 0 Å². The fourth-order valence-electron chi connectivity index (χ4n) is 3.59. The van der Waals surface area contributed by atoms with E-state index >= 15 is 0 Å². The third-order valence-electron chi connectivity index (χ3n) is 5.27. The molecule has 1 saturated carbocycles. The zero-order valence-electron chi connectivity index (χ0n) is 16.7. The van der Waals surface area contributed by atoms with Crippen LogP contribution in [0.1, 0.15) is 75.7 Å². The lowest BCUT2D eigenvalue weighted by atomic mass is 9.90. The molecule has 1 aliphatic rings. The van der Waals surface area contributed by atoms with Gasteiger partial charge in [-0.05, 0) is 38.5 Å². The topological polar surface area (TPSA) is 87.5 Å². The largest absolute Gasteiger partial charge is 0.476 e. The van der Waals surface area contributed by atoms with Gasteiger partial charge in [-0.25, -0.2) is 9.78 Å². The molecular weight excluding hydrogens is 394 g/mol. The molecular formula is C21H31NO4S2. The van der Waals surface area contributed by atoms with E-state index in [-0.39, 0.29) is 17.5 Å². The van der Waals surface area contributed by atoms with Gasteiger partial charge in [-0.15, -0.1) is 11.3 Å². The summed E-state index contributed by atoms with van der Waals surface area (Å²) in [6.07, 6.45) is 11.2. The number of rotatable bonds is 12. The summed E-state index contributed by atoms with van der Waals surface area (Å²) < 4.78 is 0.734. The Balaban J connectivity index is 1.80. The molecule has 7 heteroatoms. The highest BCUT2D eigenvalue weighted by molar-refractivity contribution is 8.01. The maximum Gasteiger partial charge on any atom is 0.355 e. The van der Waals surface area contributed by atoms with Gasteiger partial charge in [0.1, 0.15) is 5.78 Å². The number of Topliss-reactive ketones (excluding diaryl/α,β-unsaturated/α-hetero) is 1. The van der Waals surface area contributed by atoms with Crippen LogP contribution in [0.2, 0.25) is 0 Å². The van der Waals surface area contributed by atoms with Gasteiger partial charge < -0.3 is 10.2 Å². The average molecular weight is 426 g/mol. The van der Waals surface area contributed by atoms with Gasteiger partial charge in [0.2, 0.25) is 0 Å². The fraction of sp³-hybridized carbons (Fsp3) is 0.667. The highest BCUT2D eigenvalue weighted by Gasteiger charge is 2.32. The predicted octanol–water partition coefficient (Wildman–Crippen LogP) is 5.20. The monoisotopic (exact) mass is 425 g/mol. The molecule has 0 amide bonds. The van der Waals surface area contributed by atoms with E-state index in [4.69, 9.17) is 5.11 Å². The van der Waals surface area contributed by atoms with E-state index in [9.17, 15) is 14.7 Å². The molecule has 156 valence electrons. The number of aromatic carboxylic acids is 1. The summed E-state index contributed by atoms with van der Waals surface area (Å²) in [6, 6.07) is 0. The van der Waals surface area contributed by atoms with Gasteiger partial charge in [0.05, 0.1) is 5.60 Å².